The molecule has 1 atom stereocenters. The highest BCUT2D eigenvalue weighted by Gasteiger charge is 2.28. The summed E-state index contributed by atoms with van der Waals surface area (Å²) in [6.45, 7) is 4.31. The third kappa shape index (κ3) is 2.86. The van der Waals surface area contributed by atoms with Crippen LogP contribution in [0.1, 0.15) is 43.0 Å². The van der Waals surface area contributed by atoms with E-state index < -0.39 is 0 Å². The monoisotopic (exact) mass is 281 g/mol. The van der Waals surface area contributed by atoms with Crippen LogP contribution in [0.15, 0.2) is 42.5 Å². The molecule has 0 amide bonds. The van der Waals surface area contributed by atoms with E-state index in [4.69, 9.17) is 0 Å². The molecule has 21 heavy (non-hydrogen) atoms. The van der Waals surface area contributed by atoms with Gasteiger partial charge in [0.2, 0.25) is 0 Å². The average Bonchev–Trinajstić information content (AvgIpc) is 3.05. The summed E-state index contributed by atoms with van der Waals surface area (Å²) < 4.78 is 0. The molecule has 0 aliphatic carbocycles. The predicted molar refractivity (Wildman–Crippen MR) is 87.8 cm³/mol. The number of benzene rings is 2. The Morgan fingerprint density at radius 2 is 1.81 bits per heavy atom. The van der Waals surface area contributed by atoms with Crippen LogP contribution in [-0.4, -0.2) is 29.8 Å². The first kappa shape index (κ1) is 14.3. The summed E-state index contributed by atoms with van der Waals surface area (Å²) in [5.41, 5.74) is 0.887. The Kier molecular flexibility index (Phi) is 4.35. The predicted octanol–water partition coefficient (Wildman–Crippen LogP) is 4.29. The first-order chi connectivity index (χ1) is 10.3. The Morgan fingerprint density at radius 1 is 1.10 bits per heavy atom. The molecule has 0 bridgehead atoms. The molecule has 0 saturated carbocycles. The summed E-state index contributed by atoms with van der Waals surface area (Å²) in [6, 6.07) is 14.3. The molecule has 1 aliphatic heterocycles. The van der Waals surface area contributed by atoms with Gasteiger partial charge in [0, 0.05) is 5.56 Å². The Hall–Kier alpha value is -1.67. The topological polar surface area (TPSA) is 20.3 Å². The van der Waals surface area contributed by atoms with Crippen LogP contribution in [0.5, 0.6) is 0 Å². The molecule has 2 aromatic rings. The van der Waals surface area contributed by atoms with Crippen LogP contribution in [-0.2, 0) is 0 Å². The average molecular weight is 281 g/mol. The molecule has 1 saturated heterocycles. The van der Waals surface area contributed by atoms with Gasteiger partial charge in [-0.15, -0.1) is 0 Å². The van der Waals surface area contributed by atoms with Crippen molar-refractivity contribution in [3.8, 4) is 0 Å². The second kappa shape index (κ2) is 6.40. The molecule has 2 heteroatoms. The highest BCUT2D eigenvalue weighted by atomic mass is 16.1. The number of likely N-dealkylation sites (tertiary alicyclic amines) is 1. The third-order valence-electron chi connectivity index (χ3n) is 4.50. The van der Waals surface area contributed by atoms with Gasteiger partial charge in [0.05, 0.1) is 6.04 Å². The maximum atomic E-state index is 13.1. The quantitative estimate of drug-likeness (QED) is 0.762. The molecule has 1 unspecified atom stereocenters. The van der Waals surface area contributed by atoms with Crippen LogP contribution in [0.4, 0.5) is 0 Å². The van der Waals surface area contributed by atoms with E-state index in [2.05, 4.69) is 30.0 Å². The summed E-state index contributed by atoms with van der Waals surface area (Å²) in [5, 5.41) is 2.24. The minimum absolute atomic E-state index is 0.0586. The minimum Gasteiger partial charge on any atom is -0.293 e. The van der Waals surface area contributed by atoms with E-state index in [9.17, 15) is 4.79 Å². The molecule has 3 rings (SSSR count). The van der Waals surface area contributed by atoms with Crippen molar-refractivity contribution in [3.05, 3.63) is 48.0 Å². The van der Waals surface area contributed by atoms with Crippen molar-refractivity contribution < 1.29 is 4.79 Å². The van der Waals surface area contributed by atoms with Gasteiger partial charge in [0.15, 0.2) is 5.78 Å². The number of carbonyl (C=O) groups is 1. The zero-order chi connectivity index (χ0) is 14.7. The molecule has 2 aromatic carbocycles. The molecule has 0 aromatic heterocycles. The van der Waals surface area contributed by atoms with Crippen molar-refractivity contribution in [1.29, 1.82) is 0 Å². The fourth-order valence-electron chi connectivity index (χ4n) is 3.43. The number of carbonyl (C=O) groups excluding carboxylic acids is 1. The van der Waals surface area contributed by atoms with Crippen molar-refractivity contribution in [3.63, 3.8) is 0 Å². The zero-order valence-electron chi connectivity index (χ0n) is 12.7. The molecule has 2 nitrogen and oxygen atoms in total. The van der Waals surface area contributed by atoms with E-state index in [0.717, 1.165) is 42.3 Å². The number of ketones is 1. The molecule has 0 N–H and O–H groups in total. The fraction of sp³-hybridized carbons (Fsp3) is 0.421. The summed E-state index contributed by atoms with van der Waals surface area (Å²) in [4.78, 5) is 15.5. The van der Waals surface area contributed by atoms with Gasteiger partial charge in [-0.05, 0) is 43.1 Å². The van der Waals surface area contributed by atoms with E-state index in [1.54, 1.807) is 0 Å². The normalized spacial score (nSPS) is 17.2. The summed E-state index contributed by atoms with van der Waals surface area (Å²) in [7, 11) is 0. The fourth-order valence-corrected chi connectivity index (χ4v) is 3.43. The van der Waals surface area contributed by atoms with E-state index in [1.165, 1.54) is 12.8 Å². The second-order valence-corrected chi connectivity index (χ2v) is 5.94. The Balaban J connectivity index is 1.97. The SMILES string of the molecule is CCCC(C(=O)c1cccc2ccccc12)N1CCCC1. The van der Waals surface area contributed by atoms with E-state index >= 15 is 0 Å². The molecule has 110 valence electrons. The van der Waals surface area contributed by atoms with Crippen LogP contribution < -0.4 is 0 Å². The first-order valence-corrected chi connectivity index (χ1v) is 8.07. The van der Waals surface area contributed by atoms with Gasteiger partial charge in [-0.25, -0.2) is 0 Å². The summed E-state index contributed by atoms with van der Waals surface area (Å²) in [6.07, 6.45) is 4.46. The maximum Gasteiger partial charge on any atom is 0.180 e. The van der Waals surface area contributed by atoms with Crippen molar-refractivity contribution in [2.45, 2.75) is 38.6 Å². The number of Topliss-reactive ketones (excluding diaryl/α,β-unsaturated/α-hetero) is 1. The largest absolute Gasteiger partial charge is 0.293 e. The van der Waals surface area contributed by atoms with Gasteiger partial charge in [-0.3, -0.25) is 9.69 Å². The third-order valence-corrected chi connectivity index (χ3v) is 4.50. The Bertz CT molecular complexity index is 623. The second-order valence-electron chi connectivity index (χ2n) is 5.94. The van der Waals surface area contributed by atoms with Crippen LogP contribution in [0, 0.1) is 0 Å². The molecule has 0 spiro atoms. The van der Waals surface area contributed by atoms with Gasteiger partial charge >= 0.3 is 0 Å². The molecule has 1 heterocycles. The highest BCUT2D eigenvalue weighted by molar-refractivity contribution is 6.10. The summed E-state index contributed by atoms with van der Waals surface area (Å²) in [5.74, 6) is 0.301. The van der Waals surface area contributed by atoms with E-state index in [-0.39, 0.29) is 6.04 Å². The molecule has 1 fully saturated rings. The van der Waals surface area contributed by atoms with Crippen molar-refractivity contribution >= 4 is 16.6 Å². The lowest BCUT2D eigenvalue weighted by atomic mass is 9.94. The smallest absolute Gasteiger partial charge is 0.180 e. The van der Waals surface area contributed by atoms with Crippen LogP contribution in [0.25, 0.3) is 10.8 Å². The van der Waals surface area contributed by atoms with E-state index in [1.807, 2.05) is 24.3 Å². The minimum atomic E-state index is 0.0586. The standard InChI is InChI=1S/C19H23NO/c1-2-8-18(20-13-5-6-14-20)19(21)17-12-7-10-15-9-3-4-11-16(15)17/h3-4,7,9-12,18H,2,5-6,8,13-14H2,1H3. The van der Waals surface area contributed by atoms with Gasteiger partial charge in [0.1, 0.15) is 0 Å². The first-order valence-electron chi connectivity index (χ1n) is 8.07. The van der Waals surface area contributed by atoms with Crippen molar-refractivity contribution in [2.75, 3.05) is 13.1 Å². The van der Waals surface area contributed by atoms with Crippen LogP contribution >= 0.6 is 0 Å². The molecule has 1 aliphatic rings. The molecular formula is C19H23NO. The Morgan fingerprint density at radius 3 is 2.57 bits per heavy atom. The number of hydrogen-bond acceptors (Lipinski definition) is 2. The molecular weight excluding hydrogens is 258 g/mol. The van der Waals surface area contributed by atoms with E-state index in [0.29, 0.717) is 5.78 Å². The number of fused-ring (bicyclic) bond motifs is 1. The van der Waals surface area contributed by atoms with Gasteiger partial charge in [0.25, 0.3) is 0 Å². The van der Waals surface area contributed by atoms with Gasteiger partial charge < -0.3 is 0 Å². The lowest BCUT2D eigenvalue weighted by molar-refractivity contribution is 0.0839. The maximum absolute atomic E-state index is 13.1. The number of nitrogens with zero attached hydrogens (tertiary/aromatic N) is 1. The Labute approximate surface area is 126 Å². The zero-order valence-corrected chi connectivity index (χ0v) is 12.7. The van der Waals surface area contributed by atoms with Gasteiger partial charge in [-0.2, -0.15) is 0 Å². The van der Waals surface area contributed by atoms with Crippen molar-refractivity contribution in [2.24, 2.45) is 0 Å². The molecule has 0 radical (unpaired) electrons. The summed E-state index contributed by atoms with van der Waals surface area (Å²) >= 11 is 0. The lowest BCUT2D eigenvalue weighted by Crippen LogP contribution is -2.39. The van der Waals surface area contributed by atoms with Crippen molar-refractivity contribution in [1.82, 2.24) is 4.90 Å². The van der Waals surface area contributed by atoms with Crippen LogP contribution in [0.3, 0.4) is 0 Å². The number of rotatable bonds is 5. The van der Waals surface area contributed by atoms with Gasteiger partial charge in [-0.1, -0.05) is 55.8 Å². The number of hydrogen-bond donors (Lipinski definition) is 0. The highest BCUT2D eigenvalue weighted by Crippen LogP contribution is 2.24. The lowest BCUT2D eigenvalue weighted by Gasteiger charge is -2.26. The van der Waals surface area contributed by atoms with Crippen LogP contribution in [0.2, 0.25) is 0 Å².